The lowest BCUT2D eigenvalue weighted by molar-refractivity contribution is 1.15. The molecule has 0 amide bonds. The fraction of sp³-hybridized carbons (Fsp3) is 0.167. The normalized spacial score (nSPS) is 10.6. The van der Waals surface area contributed by atoms with Crippen molar-refractivity contribution in [3.8, 4) is 0 Å². The Kier molecular flexibility index (Phi) is 2.04. The Labute approximate surface area is 83.5 Å². The predicted molar refractivity (Wildman–Crippen MR) is 62.2 cm³/mol. The van der Waals surface area contributed by atoms with Crippen molar-refractivity contribution in [1.82, 2.24) is 0 Å². The van der Waals surface area contributed by atoms with Gasteiger partial charge >= 0.3 is 0 Å². The van der Waals surface area contributed by atoms with Crippen molar-refractivity contribution in [2.75, 3.05) is 11.5 Å². The molecule has 14 heavy (non-hydrogen) atoms. The number of aryl methyl sites for hydroxylation is 1. The first kappa shape index (κ1) is 8.88. The molecule has 2 aromatic carbocycles. The summed E-state index contributed by atoms with van der Waals surface area (Å²) in [6.07, 6.45) is 1.02. The Morgan fingerprint density at radius 1 is 0.929 bits per heavy atom. The third-order valence-corrected chi connectivity index (χ3v) is 2.56. The monoisotopic (exact) mass is 186 g/mol. The minimum atomic E-state index is 0.789. The summed E-state index contributed by atoms with van der Waals surface area (Å²) in [4.78, 5) is 0. The van der Waals surface area contributed by atoms with Crippen LogP contribution in [0.5, 0.6) is 0 Å². The van der Waals surface area contributed by atoms with E-state index in [2.05, 4.69) is 19.1 Å². The van der Waals surface area contributed by atoms with Gasteiger partial charge in [0.25, 0.3) is 0 Å². The molecule has 0 aliphatic rings. The zero-order valence-corrected chi connectivity index (χ0v) is 8.25. The number of anilines is 2. The van der Waals surface area contributed by atoms with Gasteiger partial charge in [-0.25, -0.2) is 0 Å². The number of hydrogen-bond donors (Lipinski definition) is 2. The number of hydrogen-bond acceptors (Lipinski definition) is 2. The summed E-state index contributed by atoms with van der Waals surface area (Å²) in [5.41, 5.74) is 14.6. The van der Waals surface area contributed by atoms with Crippen LogP contribution in [0.4, 0.5) is 11.4 Å². The van der Waals surface area contributed by atoms with Gasteiger partial charge in [0.2, 0.25) is 0 Å². The van der Waals surface area contributed by atoms with Gasteiger partial charge < -0.3 is 11.5 Å². The Balaban J connectivity index is 2.80. The minimum Gasteiger partial charge on any atom is -0.398 e. The van der Waals surface area contributed by atoms with Crippen LogP contribution < -0.4 is 11.5 Å². The van der Waals surface area contributed by atoms with Crippen LogP contribution in [0.3, 0.4) is 0 Å². The predicted octanol–water partition coefficient (Wildman–Crippen LogP) is 2.57. The van der Waals surface area contributed by atoms with Crippen molar-refractivity contribution in [2.45, 2.75) is 13.3 Å². The maximum absolute atomic E-state index is 5.89. The molecule has 2 aromatic rings. The third kappa shape index (κ3) is 1.29. The molecule has 0 unspecified atom stereocenters. The van der Waals surface area contributed by atoms with E-state index in [-0.39, 0.29) is 0 Å². The SMILES string of the molecule is CCc1ccc2c(N)ccc(N)c2c1. The van der Waals surface area contributed by atoms with Crippen LogP contribution in [0.25, 0.3) is 10.8 Å². The number of nitrogens with two attached hydrogens (primary N) is 2. The number of fused-ring (bicyclic) bond motifs is 1. The van der Waals surface area contributed by atoms with E-state index in [1.54, 1.807) is 0 Å². The summed E-state index contributed by atoms with van der Waals surface area (Å²) in [5.74, 6) is 0. The second-order valence-electron chi connectivity index (χ2n) is 3.48. The summed E-state index contributed by atoms with van der Waals surface area (Å²) in [7, 11) is 0. The molecule has 0 saturated carbocycles. The molecular formula is C12H14N2. The van der Waals surface area contributed by atoms with Gasteiger partial charge in [-0.1, -0.05) is 19.1 Å². The zero-order valence-electron chi connectivity index (χ0n) is 8.25. The third-order valence-electron chi connectivity index (χ3n) is 2.56. The van der Waals surface area contributed by atoms with Gasteiger partial charge in [0.15, 0.2) is 0 Å². The molecule has 0 saturated heterocycles. The summed E-state index contributed by atoms with van der Waals surface area (Å²) in [6, 6.07) is 9.96. The quantitative estimate of drug-likeness (QED) is 0.672. The van der Waals surface area contributed by atoms with Gasteiger partial charge in [-0.15, -0.1) is 0 Å². The number of benzene rings is 2. The van der Waals surface area contributed by atoms with Crippen molar-refractivity contribution >= 4 is 22.1 Å². The van der Waals surface area contributed by atoms with Crippen LogP contribution in [-0.2, 0) is 6.42 Å². The van der Waals surface area contributed by atoms with Crippen molar-refractivity contribution < 1.29 is 0 Å². The maximum Gasteiger partial charge on any atom is 0.0395 e. The molecule has 2 rings (SSSR count). The zero-order chi connectivity index (χ0) is 10.1. The Bertz CT molecular complexity index is 475. The summed E-state index contributed by atoms with van der Waals surface area (Å²) >= 11 is 0. The van der Waals surface area contributed by atoms with E-state index in [9.17, 15) is 0 Å². The molecule has 0 fully saturated rings. The Morgan fingerprint density at radius 3 is 2.21 bits per heavy atom. The first-order chi connectivity index (χ1) is 6.72. The van der Waals surface area contributed by atoms with E-state index in [1.165, 1.54) is 5.56 Å². The second kappa shape index (κ2) is 3.22. The average Bonchev–Trinajstić information content (AvgIpc) is 2.23. The molecule has 72 valence electrons. The first-order valence-corrected chi connectivity index (χ1v) is 4.79. The molecule has 0 aromatic heterocycles. The minimum absolute atomic E-state index is 0.789. The average molecular weight is 186 g/mol. The number of rotatable bonds is 1. The van der Waals surface area contributed by atoms with E-state index in [0.29, 0.717) is 0 Å². The fourth-order valence-corrected chi connectivity index (χ4v) is 1.66. The van der Waals surface area contributed by atoms with E-state index in [0.717, 1.165) is 28.6 Å². The van der Waals surface area contributed by atoms with Gasteiger partial charge in [-0.3, -0.25) is 0 Å². The van der Waals surface area contributed by atoms with Gasteiger partial charge in [-0.05, 0) is 30.2 Å². The molecular weight excluding hydrogens is 172 g/mol. The second-order valence-corrected chi connectivity index (χ2v) is 3.48. The van der Waals surface area contributed by atoms with Crippen molar-refractivity contribution in [1.29, 1.82) is 0 Å². The van der Waals surface area contributed by atoms with Crippen LogP contribution in [0, 0.1) is 0 Å². The summed E-state index contributed by atoms with van der Waals surface area (Å²) in [6.45, 7) is 2.13. The van der Waals surface area contributed by atoms with Gasteiger partial charge in [0.1, 0.15) is 0 Å². The molecule has 2 heteroatoms. The van der Waals surface area contributed by atoms with Crippen LogP contribution >= 0.6 is 0 Å². The van der Waals surface area contributed by atoms with Crippen molar-refractivity contribution in [3.05, 3.63) is 35.9 Å². The Morgan fingerprint density at radius 2 is 1.57 bits per heavy atom. The molecule has 0 bridgehead atoms. The van der Waals surface area contributed by atoms with Gasteiger partial charge in [0, 0.05) is 22.1 Å². The highest BCUT2D eigenvalue weighted by Crippen LogP contribution is 2.27. The molecule has 4 N–H and O–H groups in total. The lowest BCUT2D eigenvalue weighted by Crippen LogP contribution is -1.93. The standard InChI is InChI=1S/C12H14N2/c1-2-8-3-4-9-10(7-8)12(14)6-5-11(9)13/h3-7H,2,13-14H2,1H3. The molecule has 0 atom stereocenters. The van der Waals surface area contributed by atoms with Gasteiger partial charge in [0.05, 0.1) is 0 Å². The largest absolute Gasteiger partial charge is 0.398 e. The highest BCUT2D eigenvalue weighted by molar-refractivity contribution is 6.00. The lowest BCUT2D eigenvalue weighted by Gasteiger charge is -2.06. The van der Waals surface area contributed by atoms with Crippen LogP contribution in [-0.4, -0.2) is 0 Å². The van der Waals surface area contributed by atoms with Crippen LogP contribution in [0.2, 0.25) is 0 Å². The highest BCUT2D eigenvalue weighted by Gasteiger charge is 2.01. The van der Waals surface area contributed by atoms with E-state index >= 15 is 0 Å². The van der Waals surface area contributed by atoms with E-state index in [4.69, 9.17) is 11.5 Å². The van der Waals surface area contributed by atoms with Crippen LogP contribution in [0.1, 0.15) is 12.5 Å². The highest BCUT2D eigenvalue weighted by atomic mass is 14.6. The van der Waals surface area contributed by atoms with E-state index < -0.39 is 0 Å². The molecule has 0 radical (unpaired) electrons. The van der Waals surface area contributed by atoms with Crippen molar-refractivity contribution in [3.63, 3.8) is 0 Å². The molecule has 0 aliphatic heterocycles. The smallest absolute Gasteiger partial charge is 0.0395 e. The fourth-order valence-electron chi connectivity index (χ4n) is 1.66. The van der Waals surface area contributed by atoms with Crippen LogP contribution in [0.15, 0.2) is 30.3 Å². The first-order valence-electron chi connectivity index (χ1n) is 4.79. The lowest BCUT2D eigenvalue weighted by atomic mass is 10.0. The van der Waals surface area contributed by atoms with Gasteiger partial charge in [-0.2, -0.15) is 0 Å². The van der Waals surface area contributed by atoms with Crippen molar-refractivity contribution in [2.24, 2.45) is 0 Å². The molecule has 0 aliphatic carbocycles. The summed E-state index contributed by atoms with van der Waals surface area (Å²) in [5, 5.41) is 2.10. The molecule has 0 spiro atoms. The Hall–Kier alpha value is -1.70. The molecule has 2 nitrogen and oxygen atoms in total. The summed E-state index contributed by atoms with van der Waals surface area (Å²) < 4.78 is 0. The topological polar surface area (TPSA) is 52.0 Å². The maximum atomic E-state index is 5.89. The van der Waals surface area contributed by atoms with E-state index in [1.807, 2.05) is 18.2 Å². The molecule has 0 heterocycles. The number of nitrogen functional groups attached to an aromatic ring is 2.